The molecule has 8 nitrogen and oxygen atoms in total. The maximum absolute atomic E-state index is 13.3. The lowest BCUT2D eigenvalue weighted by molar-refractivity contribution is 0.0175. The van der Waals surface area contributed by atoms with Crippen LogP contribution in [-0.4, -0.2) is 53.8 Å². The molecule has 1 aromatic rings. The first kappa shape index (κ1) is 22.3. The van der Waals surface area contributed by atoms with Gasteiger partial charge in [0.25, 0.3) is 0 Å². The van der Waals surface area contributed by atoms with E-state index in [1.54, 1.807) is 12.0 Å². The molecule has 8 heteroatoms. The maximum Gasteiger partial charge on any atom is 0.411 e. The Morgan fingerprint density at radius 1 is 1.28 bits per heavy atom. The summed E-state index contributed by atoms with van der Waals surface area (Å²) in [5.41, 5.74) is 2.82. The molecule has 2 aliphatic heterocycles. The summed E-state index contributed by atoms with van der Waals surface area (Å²) in [6.45, 7) is 9.19. The lowest BCUT2D eigenvalue weighted by Crippen LogP contribution is -2.50. The van der Waals surface area contributed by atoms with Gasteiger partial charge in [0.1, 0.15) is 11.4 Å². The first-order valence-electron chi connectivity index (χ1n) is 11.3. The summed E-state index contributed by atoms with van der Waals surface area (Å²) in [5, 5.41) is 9.46. The second-order valence-electron chi connectivity index (χ2n) is 9.83. The molecule has 2 heterocycles. The van der Waals surface area contributed by atoms with E-state index in [1.807, 2.05) is 43.6 Å². The Kier molecular flexibility index (Phi) is 5.70. The third-order valence-corrected chi connectivity index (χ3v) is 6.34. The highest BCUT2D eigenvalue weighted by Crippen LogP contribution is 2.47. The van der Waals surface area contributed by atoms with E-state index in [4.69, 9.17) is 9.47 Å². The normalized spacial score (nSPS) is 20.8. The molecule has 0 aromatic heterocycles. The average Bonchev–Trinajstić information content (AvgIpc) is 3.49. The highest BCUT2D eigenvalue weighted by molar-refractivity contribution is 5.95. The minimum atomic E-state index is -0.632. The summed E-state index contributed by atoms with van der Waals surface area (Å²) < 4.78 is 11.4. The highest BCUT2D eigenvalue weighted by atomic mass is 16.6. The lowest BCUT2D eigenvalue weighted by atomic mass is 9.95. The number of hydrogen-bond acceptors (Lipinski definition) is 5. The van der Waals surface area contributed by atoms with Crippen molar-refractivity contribution >= 4 is 17.8 Å². The molecule has 1 aromatic carbocycles. The fraction of sp³-hybridized carbons (Fsp3) is 0.625. The molecule has 0 N–H and O–H groups in total. The Labute approximate surface area is 189 Å². The van der Waals surface area contributed by atoms with E-state index in [-0.39, 0.29) is 12.5 Å². The second-order valence-corrected chi connectivity index (χ2v) is 9.83. The van der Waals surface area contributed by atoms with Gasteiger partial charge in [-0.3, -0.25) is 9.80 Å². The molecule has 3 amide bonds. The molecule has 0 radical (unpaired) electrons. The van der Waals surface area contributed by atoms with E-state index in [0.717, 1.165) is 48.2 Å². The minimum absolute atomic E-state index is 0.0203. The molecule has 2 fully saturated rings. The van der Waals surface area contributed by atoms with Gasteiger partial charge < -0.3 is 14.4 Å². The van der Waals surface area contributed by atoms with E-state index in [1.165, 1.54) is 0 Å². The number of amides is 3. The summed E-state index contributed by atoms with van der Waals surface area (Å²) in [6, 6.07) is 4.14. The van der Waals surface area contributed by atoms with Crippen molar-refractivity contribution in [3.05, 3.63) is 22.8 Å². The number of carbonyl (C=O) groups excluding carboxylic acids is 2. The highest BCUT2D eigenvalue weighted by Gasteiger charge is 2.42. The number of methoxy groups -OCH3 is 1. The van der Waals surface area contributed by atoms with Gasteiger partial charge in [-0.25, -0.2) is 9.59 Å². The number of ether oxygens (including phenoxy) is 2. The zero-order valence-corrected chi connectivity index (χ0v) is 19.6. The fourth-order valence-electron chi connectivity index (χ4n) is 4.87. The van der Waals surface area contributed by atoms with Gasteiger partial charge in [0.2, 0.25) is 0 Å². The summed E-state index contributed by atoms with van der Waals surface area (Å²) in [5.74, 6) is 0.628. The fourth-order valence-corrected chi connectivity index (χ4v) is 4.87. The van der Waals surface area contributed by atoms with E-state index < -0.39 is 17.7 Å². The van der Waals surface area contributed by atoms with E-state index in [2.05, 4.69) is 6.07 Å². The Balaban J connectivity index is 1.73. The number of hydrogen-bond donors (Lipinski definition) is 0. The predicted molar refractivity (Wildman–Crippen MR) is 120 cm³/mol. The van der Waals surface area contributed by atoms with Crippen LogP contribution in [0.5, 0.6) is 5.75 Å². The first-order valence-corrected chi connectivity index (χ1v) is 11.3. The largest absolute Gasteiger partial charge is 0.494 e. The SMILES string of the molecule is COc1c(N2CCCN(C3CC3)C2=O)cc2c(c1C)C(CC#N)N(C(=O)OC(C)(C)C)C2. The van der Waals surface area contributed by atoms with Gasteiger partial charge in [-0.1, -0.05) is 0 Å². The van der Waals surface area contributed by atoms with E-state index in [0.29, 0.717) is 24.9 Å². The smallest absolute Gasteiger partial charge is 0.411 e. The van der Waals surface area contributed by atoms with Crippen molar-refractivity contribution in [3.63, 3.8) is 0 Å². The van der Waals surface area contributed by atoms with Crippen LogP contribution in [0.1, 0.15) is 69.2 Å². The average molecular weight is 441 g/mol. The van der Waals surface area contributed by atoms with E-state index >= 15 is 0 Å². The second kappa shape index (κ2) is 8.19. The zero-order chi connectivity index (χ0) is 23.2. The van der Waals surface area contributed by atoms with Gasteiger partial charge in [-0.15, -0.1) is 0 Å². The Morgan fingerprint density at radius 2 is 2.00 bits per heavy atom. The van der Waals surface area contributed by atoms with Crippen LogP contribution >= 0.6 is 0 Å². The van der Waals surface area contributed by atoms with Crippen LogP contribution in [0.15, 0.2) is 6.07 Å². The zero-order valence-electron chi connectivity index (χ0n) is 19.6. The molecule has 1 unspecified atom stereocenters. The van der Waals surface area contributed by atoms with Crippen molar-refractivity contribution in [3.8, 4) is 11.8 Å². The molecule has 1 aliphatic carbocycles. The molecule has 1 saturated heterocycles. The quantitative estimate of drug-likeness (QED) is 0.688. The van der Waals surface area contributed by atoms with Crippen molar-refractivity contribution < 1.29 is 19.1 Å². The Bertz CT molecular complexity index is 974. The third kappa shape index (κ3) is 3.96. The standard InChI is InChI=1S/C24H32N4O4/c1-15-20-16(14-28(18(20)9-10-25)23(30)32-24(2,3)4)13-19(21(15)31-5)27-12-6-11-26(22(27)29)17-7-8-17/h13,17-18H,6-9,11-12,14H2,1-5H3. The van der Waals surface area contributed by atoms with Gasteiger partial charge >= 0.3 is 12.1 Å². The predicted octanol–water partition coefficient (Wildman–Crippen LogP) is 4.50. The minimum Gasteiger partial charge on any atom is -0.494 e. The molecule has 0 bridgehead atoms. The number of fused-ring (bicyclic) bond motifs is 1. The lowest BCUT2D eigenvalue weighted by Gasteiger charge is -2.37. The molecule has 4 rings (SSSR count). The Morgan fingerprint density at radius 3 is 2.59 bits per heavy atom. The van der Waals surface area contributed by atoms with Crippen molar-refractivity contribution in [2.75, 3.05) is 25.1 Å². The number of benzene rings is 1. The molecule has 1 saturated carbocycles. The van der Waals surface area contributed by atoms with Gasteiger partial charge in [-0.05, 0) is 69.7 Å². The van der Waals surface area contributed by atoms with Gasteiger partial charge in [-0.2, -0.15) is 5.26 Å². The van der Waals surface area contributed by atoms with Crippen LogP contribution in [0, 0.1) is 18.3 Å². The van der Waals surface area contributed by atoms with Gasteiger partial charge in [0.15, 0.2) is 0 Å². The summed E-state index contributed by atoms with van der Waals surface area (Å²) in [7, 11) is 1.60. The molecular formula is C24H32N4O4. The van der Waals surface area contributed by atoms with Gasteiger partial charge in [0, 0.05) is 19.1 Å². The van der Waals surface area contributed by atoms with Crippen LogP contribution in [-0.2, 0) is 11.3 Å². The number of nitrogens with zero attached hydrogens (tertiary/aromatic N) is 4. The number of carbonyl (C=O) groups is 2. The summed E-state index contributed by atoms with van der Waals surface area (Å²) in [4.78, 5) is 31.6. The summed E-state index contributed by atoms with van der Waals surface area (Å²) >= 11 is 0. The van der Waals surface area contributed by atoms with Crippen LogP contribution < -0.4 is 9.64 Å². The Hall–Kier alpha value is -2.95. The topological polar surface area (TPSA) is 86.1 Å². The summed E-state index contributed by atoms with van der Waals surface area (Å²) in [6.07, 6.45) is 2.76. The number of anilines is 1. The van der Waals surface area contributed by atoms with Crippen LogP contribution in [0.2, 0.25) is 0 Å². The van der Waals surface area contributed by atoms with Crippen LogP contribution in [0.25, 0.3) is 0 Å². The molecule has 3 aliphatic rings. The van der Waals surface area contributed by atoms with E-state index in [9.17, 15) is 14.9 Å². The first-order chi connectivity index (χ1) is 15.2. The number of urea groups is 1. The number of rotatable bonds is 4. The number of nitriles is 1. The monoisotopic (exact) mass is 440 g/mol. The molecular weight excluding hydrogens is 408 g/mol. The van der Waals surface area contributed by atoms with Crippen molar-refractivity contribution in [2.45, 2.75) is 77.6 Å². The molecule has 172 valence electrons. The molecule has 32 heavy (non-hydrogen) atoms. The maximum atomic E-state index is 13.3. The third-order valence-electron chi connectivity index (χ3n) is 6.34. The molecule has 1 atom stereocenters. The van der Waals surface area contributed by atoms with Crippen molar-refractivity contribution in [1.29, 1.82) is 5.26 Å². The molecule has 0 spiro atoms. The van der Waals surface area contributed by atoms with Crippen molar-refractivity contribution in [2.24, 2.45) is 0 Å². The van der Waals surface area contributed by atoms with Crippen LogP contribution in [0.3, 0.4) is 0 Å². The van der Waals surface area contributed by atoms with Crippen LogP contribution in [0.4, 0.5) is 15.3 Å². The van der Waals surface area contributed by atoms with Gasteiger partial charge in [0.05, 0.1) is 37.9 Å². The van der Waals surface area contributed by atoms with Crippen molar-refractivity contribution in [1.82, 2.24) is 9.80 Å².